The van der Waals surface area contributed by atoms with Crippen molar-refractivity contribution in [2.45, 2.75) is 20.3 Å². The Bertz CT molecular complexity index is 604. The van der Waals surface area contributed by atoms with Gasteiger partial charge in [0.2, 0.25) is 5.91 Å². The van der Waals surface area contributed by atoms with Crippen molar-refractivity contribution in [1.82, 2.24) is 0 Å². The molecule has 0 fully saturated rings. The third-order valence-electron chi connectivity index (χ3n) is 3.56. The zero-order chi connectivity index (χ0) is 15.9. The van der Waals surface area contributed by atoms with Crippen molar-refractivity contribution in [3.05, 3.63) is 59.9 Å². The second kappa shape index (κ2) is 7.59. The van der Waals surface area contributed by atoms with E-state index in [2.05, 4.69) is 24.1 Å². The fourth-order valence-corrected chi connectivity index (χ4v) is 2.34. The number of carbonyl (C=O) groups excluding carboxylic acids is 1. The van der Waals surface area contributed by atoms with Crippen LogP contribution in [-0.4, -0.2) is 19.0 Å². The SMILES string of the molecule is CCN(CC)c1ccc(NC(=O)Cc2ccc(F)cc2)cc1. The summed E-state index contributed by atoms with van der Waals surface area (Å²) < 4.78 is 12.8. The molecule has 22 heavy (non-hydrogen) atoms. The summed E-state index contributed by atoms with van der Waals surface area (Å²) in [5, 5.41) is 2.86. The van der Waals surface area contributed by atoms with Crippen molar-refractivity contribution >= 4 is 17.3 Å². The Morgan fingerprint density at radius 3 is 2.14 bits per heavy atom. The van der Waals surface area contributed by atoms with Gasteiger partial charge in [0.25, 0.3) is 0 Å². The number of anilines is 2. The van der Waals surface area contributed by atoms with Gasteiger partial charge in [0.1, 0.15) is 5.82 Å². The van der Waals surface area contributed by atoms with Gasteiger partial charge in [0, 0.05) is 24.5 Å². The lowest BCUT2D eigenvalue weighted by molar-refractivity contribution is -0.115. The minimum Gasteiger partial charge on any atom is -0.372 e. The predicted octanol–water partition coefficient (Wildman–Crippen LogP) is 3.85. The van der Waals surface area contributed by atoms with E-state index < -0.39 is 0 Å². The maximum atomic E-state index is 12.8. The Hall–Kier alpha value is -2.36. The molecule has 0 spiro atoms. The van der Waals surface area contributed by atoms with Gasteiger partial charge in [-0.3, -0.25) is 4.79 Å². The molecule has 2 rings (SSSR count). The highest BCUT2D eigenvalue weighted by atomic mass is 19.1. The van der Waals surface area contributed by atoms with Crippen LogP contribution in [0.25, 0.3) is 0 Å². The first-order chi connectivity index (χ1) is 10.6. The van der Waals surface area contributed by atoms with Crippen molar-refractivity contribution in [2.24, 2.45) is 0 Å². The van der Waals surface area contributed by atoms with Gasteiger partial charge < -0.3 is 10.2 Å². The van der Waals surface area contributed by atoms with E-state index in [4.69, 9.17) is 0 Å². The number of nitrogens with one attached hydrogen (secondary N) is 1. The molecular formula is C18H21FN2O. The van der Waals surface area contributed by atoms with Crippen LogP contribution in [0.5, 0.6) is 0 Å². The molecule has 0 saturated carbocycles. The molecule has 0 aliphatic rings. The lowest BCUT2D eigenvalue weighted by Gasteiger charge is -2.21. The number of halogens is 1. The standard InChI is InChI=1S/C18H21FN2O/c1-3-21(4-2)17-11-9-16(10-12-17)20-18(22)13-14-5-7-15(19)8-6-14/h5-12H,3-4,13H2,1-2H3,(H,20,22). The van der Waals surface area contributed by atoms with Gasteiger partial charge in [0.05, 0.1) is 6.42 Å². The van der Waals surface area contributed by atoms with Crippen LogP contribution < -0.4 is 10.2 Å². The van der Waals surface area contributed by atoms with E-state index in [1.54, 1.807) is 12.1 Å². The molecule has 0 aliphatic carbocycles. The van der Waals surface area contributed by atoms with Crippen LogP contribution in [0, 0.1) is 5.82 Å². The van der Waals surface area contributed by atoms with Gasteiger partial charge in [-0.1, -0.05) is 12.1 Å². The largest absolute Gasteiger partial charge is 0.372 e. The number of nitrogens with zero attached hydrogens (tertiary/aromatic N) is 1. The normalized spacial score (nSPS) is 10.3. The molecule has 1 N–H and O–H groups in total. The average molecular weight is 300 g/mol. The smallest absolute Gasteiger partial charge is 0.228 e. The molecule has 0 unspecified atom stereocenters. The summed E-state index contributed by atoms with van der Waals surface area (Å²) in [6.07, 6.45) is 0.234. The number of rotatable bonds is 6. The summed E-state index contributed by atoms with van der Waals surface area (Å²) in [5.74, 6) is -0.404. The maximum Gasteiger partial charge on any atom is 0.228 e. The summed E-state index contributed by atoms with van der Waals surface area (Å²) in [5.41, 5.74) is 2.70. The quantitative estimate of drug-likeness (QED) is 0.878. The van der Waals surface area contributed by atoms with Gasteiger partial charge >= 0.3 is 0 Å². The maximum absolute atomic E-state index is 12.8. The Kier molecular flexibility index (Phi) is 5.53. The first kappa shape index (κ1) is 16.0. The molecule has 1 amide bonds. The van der Waals surface area contributed by atoms with Crippen molar-refractivity contribution < 1.29 is 9.18 Å². The van der Waals surface area contributed by atoms with E-state index in [0.717, 1.165) is 30.0 Å². The molecule has 0 bridgehead atoms. The zero-order valence-electron chi connectivity index (χ0n) is 13.0. The van der Waals surface area contributed by atoms with Crippen LogP contribution in [-0.2, 0) is 11.2 Å². The number of hydrogen-bond acceptors (Lipinski definition) is 2. The molecule has 0 radical (unpaired) electrons. The predicted molar refractivity (Wildman–Crippen MR) is 88.7 cm³/mol. The Morgan fingerprint density at radius 2 is 1.59 bits per heavy atom. The van der Waals surface area contributed by atoms with Crippen LogP contribution in [0.2, 0.25) is 0 Å². The molecule has 4 heteroatoms. The second-order valence-electron chi connectivity index (χ2n) is 5.07. The lowest BCUT2D eigenvalue weighted by atomic mass is 10.1. The summed E-state index contributed by atoms with van der Waals surface area (Å²) in [6.45, 7) is 6.13. The first-order valence-corrected chi connectivity index (χ1v) is 7.51. The fraction of sp³-hybridized carbons (Fsp3) is 0.278. The van der Waals surface area contributed by atoms with E-state index in [1.165, 1.54) is 12.1 Å². The second-order valence-corrected chi connectivity index (χ2v) is 5.07. The van der Waals surface area contributed by atoms with Crippen LogP contribution in [0.4, 0.5) is 15.8 Å². The monoisotopic (exact) mass is 300 g/mol. The molecule has 0 saturated heterocycles. The Balaban J connectivity index is 1.95. The molecule has 3 nitrogen and oxygen atoms in total. The van der Waals surface area contributed by atoms with E-state index in [0.29, 0.717) is 0 Å². The van der Waals surface area contributed by atoms with Crippen molar-refractivity contribution in [3.8, 4) is 0 Å². The molecule has 0 aliphatic heterocycles. The number of carbonyl (C=O) groups is 1. The van der Waals surface area contributed by atoms with Crippen molar-refractivity contribution in [2.75, 3.05) is 23.3 Å². The van der Waals surface area contributed by atoms with Gasteiger partial charge in [-0.15, -0.1) is 0 Å². The van der Waals surface area contributed by atoms with Crippen LogP contribution >= 0.6 is 0 Å². The van der Waals surface area contributed by atoms with E-state index >= 15 is 0 Å². The zero-order valence-corrected chi connectivity index (χ0v) is 13.0. The summed E-state index contributed by atoms with van der Waals surface area (Å²) in [7, 11) is 0. The van der Waals surface area contributed by atoms with Gasteiger partial charge in [-0.25, -0.2) is 4.39 Å². The highest BCUT2D eigenvalue weighted by Gasteiger charge is 2.06. The topological polar surface area (TPSA) is 32.3 Å². The molecule has 0 atom stereocenters. The van der Waals surface area contributed by atoms with Crippen molar-refractivity contribution in [3.63, 3.8) is 0 Å². The lowest BCUT2D eigenvalue weighted by Crippen LogP contribution is -2.21. The van der Waals surface area contributed by atoms with Gasteiger partial charge in [-0.2, -0.15) is 0 Å². The minimum atomic E-state index is -0.295. The third kappa shape index (κ3) is 4.32. The Morgan fingerprint density at radius 1 is 1.00 bits per heavy atom. The van der Waals surface area contributed by atoms with Crippen LogP contribution in [0.1, 0.15) is 19.4 Å². The number of benzene rings is 2. The minimum absolute atomic E-state index is 0.109. The number of amides is 1. The number of hydrogen-bond donors (Lipinski definition) is 1. The summed E-state index contributed by atoms with van der Waals surface area (Å²) in [4.78, 5) is 14.2. The third-order valence-corrected chi connectivity index (χ3v) is 3.56. The molecular weight excluding hydrogens is 279 g/mol. The highest BCUT2D eigenvalue weighted by Crippen LogP contribution is 2.18. The summed E-state index contributed by atoms with van der Waals surface area (Å²) >= 11 is 0. The fourth-order valence-electron chi connectivity index (χ4n) is 2.34. The average Bonchev–Trinajstić information content (AvgIpc) is 2.52. The molecule has 116 valence electrons. The van der Waals surface area contributed by atoms with Crippen LogP contribution in [0.15, 0.2) is 48.5 Å². The molecule has 0 aromatic heterocycles. The van der Waals surface area contributed by atoms with Gasteiger partial charge in [-0.05, 0) is 55.8 Å². The highest BCUT2D eigenvalue weighted by molar-refractivity contribution is 5.92. The van der Waals surface area contributed by atoms with Gasteiger partial charge in [0.15, 0.2) is 0 Å². The molecule has 0 heterocycles. The Labute approximate surface area is 130 Å². The molecule has 2 aromatic rings. The van der Waals surface area contributed by atoms with Crippen LogP contribution in [0.3, 0.4) is 0 Å². The molecule has 2 aromatic carbocycles. The van der Waals surface area contributed by atoms with E-state index in [1.807, 2.05) is 24.3 Å². The van der Waals surface area contributed by atoms with Crippen molar-refractivity contribution in [1.29, 1.82) is 0 Å². The first-order valence-electron chi connectivity index (χ1n) is 7.51. The van der Waals surface area contributed by atoms with E-state index in [-0.39, 0.29) is 18.1 Å². The van der Waals surface area contributed by atoms with E-state index in [9.17, 15) is 9.18 Å². The summed E-state index contributed by atoms with van der Waals surface area (Å²) in [6, 6.07) is 13.8.